The minimum absolute atomic E-state index is 0.0195. The highest BCUT2D eigenvalue weighted by Gasteiger charge is 2.14. The molecule has 7 heteroatoms. The number of amides is 1. The van der Waals surface area contributed by atoms with Gasteiger partial charge in [-0.15, -0.1) is 0 Å². The molecular weight excluding hydrogens is 253 g/mol. The Morgan fingerprint density at radius 3 is 2.74 bits per heavy atom. The molecule has 0 unspecified atom stereocenters. The van der Waals surface area contributed by atoms with Crippen LogP contribution in [0.5, 0.6) is 0 Å². The Morgan fingerprint density at radius 2 is 2.05 bits per heavy atom. The first-order valence-electron chi connectivity index (χ1n) is 5.19. The first-order chi connectivity index (χ1) is 9.08. The third-order valence-electron chi connectivity index (χ3n) is 2.25. The van der Waals surface area contributed by atoms with E-state index in [9.17, 15) is 14.0 Å². The summed E-state index contributed by atoms with van der Waals surface area (Å²) in [4.78, 5) is 29.8. The molecule has 0 saturated carbocycles. The van der Waals surface area contributed by atoms with Gasteiger partial charge in [0.15, 0.2) is 0 Å². The van der Waals surface area contributed by atoms with Gasteiger partial charge in [-0.1, -0.05) is 6.07 Å². The van der Waals surface area contributed by atoms with Crippen LogP contribution < -0.4 is 5.32 Å². The highest BCUT2D eigenvalue weighted by Crippen LogP contribution is 2.14. The van der Waals surface area contributed by atoms with Crippen LogP contribution in [0.3, 0.4) is 0 Å². The van der Waals surface area contributed by atoms with E-state index in [1.165, 1.54) is 30.6 Å². The van der Waals surface area contributed by atoms with Crippen LogP contribution in [-0.2, 0) is 0 Å². The highest BCUT2D eigenvalue weighted by molar-refractivity contribution is 6.06. The number of halogens is 1. The van der Waals surface area contributed by atoms with Crippen LogP contribution in [0.25, 0.3) is 0 Å². The largest absolute Gasteiger partial charge is 0.478 e. The van der Waals surface area contributed by atoms with E-state index in [1.54, 1.807) is 0 Å². The van der Waals surface area contributed by atoms with Crippen LogP contribution in [0, 0.1) is 5.95 Å². The standard InChI is InChI=1S/C12H8FN3O3/c13-10-3-1-2-8(15-10)11(17)16-9-6-14-5-4-7(9)12(18)19/h1-6H,(H,16,17)(H,18,19). The fourth-order valence-electron chi connectivity index (χ4n) is 1.40. The van der Waals surface area contributed by atoms with E-state index in [-0.39, 0.29) is 16.9 Å². The van der Waals surface area contributed by atoms with E-state index < -0.39 is 17.8 Å². The number of nitrogens with one attached hydrogen (secondary N) is 1. The summed E-state index contributed by atoms with van der Waals surface area (Å²) in [5.41, 5.74) is -0.244. The number of nitrogens with zero attached hydrogens (tertiary/aromatic N) is 2. The zero-order valence-electron chi connectivity index (χ0n) is 9.50. The Kier molecular flexibility index (Phi) is 3.46. The molecule has 96 valence electrons. The number of carbonyl (C=O) groups is 2. The molecule has 0 spiro atoms. The number of aromatic nitrogens is 2. The topological polar surface area (TPSA) is 92.2 Å². The van der Waals surface area contributed by atoms with Gasteiger partial charge in [-0.25, -0.2) is 9.78 Å². The molecule has 0 radical (unpaired) electrons. The molecule has 2 rings (SSSR count). The molecule has 2 aromatic heterocycles. The third-order valence-corrected chi connectivity index (χ3v) is 2.25. The number of hydrogen-bond acceptors (Lipinski definition) is 4. The second-order valence-corrected chi connectivity index (χ2v) is 3.53. The number of carboxylic acid groups (broad SMARTS) is 1. The second kappa shape index (κ2) is 5.21. The van der Waals surface area contributed by atoms with Crippen molar-refractivity contribution in [1.82, 2.24) is 9.97 Å². The lowest BCUT2D eigenvalue weighted by atomic mass is 10.2. The Hall–Kier alpha value is -2.83. The molecule has 0 atom stereocenters. The summed E-state index contributed by atoms with van der Waals surface area (Å²) < 4.78 is 12.9. The summed E-state index contributed by atoms with van der Waals surface area (Å²) in [6.07, 6.45) is 2.49. The molecule has 0 aliphatic heterocycles. The molecule has 0 aliphatic rings. The minimum atomic E-state index is -1.20. The summed E-state index contributed by atoms with van der Waals surface area (Å²) in [5.74, 6) is -2.71. The summed E-state index contributed by atoms with van der Waals surface area (Å²) in [6.45, 7) is 0. The molecule has 0 aliphatic carbocycles. The summed E-state index contributed by atoms with van der Waals surface area (Å²) in [7, 11) is 0. The number of pyridine rings is 2. The molecule has 0 saturated heterocycles. The van der Waals surface area contributed by atoms with Crippen LogP contribution in [0.4, 0.5) is 10.1 Å². The number of hydrogen-bond donors (Lipinski definition) is 2. The van der Waals surface area contributed by atoms with E-state index in [0.717, 1.165) is 6.07 Å². The van der Waals surface area contributed by atoms with Crippen LogP contribution in [0.15, 0.2) is 36.7 Å². The maximum atomic E-state index is 12.9. The Labute approximate surface area is 106 Å². The van der Waals surface area contributed by atoms with Gasteiger partial charge in [0, 0.05) is 6.20 Å². The highest BCUT2D eigenvalue weighted by atomic mass is 19.1. The lowest BCUT2D eigenvalue weighted by Crippen LogP contribution is -2.16. The Morgan fingerprint density at radius 1 is 1.26 bits per heavy atom. The number of aromatic carboxylic acids is 1. The van der Waals surface area contributed by atoms with Crippen molar-refractivity contribution in [2.75, 3.05) is 5.32 Å². The third kappa shape index (κ3) is 2.89. The maximum absolute atomic E-state index is 12.9. The average molecular weight is 261 g/mol. The predicted molar refractivity (Wildman–Crippen MR) is 63.3 cm³/mol. The second-order valence-electron chi connectivity index (χ2n) is 3.53. The zero-order chi connectivity index (χ0) is 13.8. The van der Waals surface area contributed by atoms with Gasteiger partial charge in [0.25, 0.3) is 5.91 Å². The van der Waals surface area contributed by atoms with Crippen LogP contribution in [0.1, 0.15) is 20.8 Å². The zero-order valence-corrected chi connectivity index (χ0v) is 9.50. The normalized spacial score (nSPS) is 9.95. The van der Waals surface area contributed by atoms with Crippen molar-refractivity contribution >= 4 is 17.6 Å². The molecule has 2 N–H and O–H groups in total. The summed E-state index contributed by atoms with van der Waals surface area (Å²) >= 11 is 0. The van der Waals surface area contributed by atoms with Crippen molar-refractivity contribution in [1.29, 1.82) is 0 Å². The van der Waals surface area contributed by atoms with Crippen molar-refractivity contribution in [3.8, 4) is 0 Å². The lowest BCUT2D eigenvalue weighted by molar-refractivity contribution is 0.0698. The Balaban J connectivity index is 2.27. The van der Waals surface area contributed by atoms with E-state index in [4.69, 9.17) is 5.11 Å². The van der Waals surface area contributed by atoms with E-state index in [1.807, 2.05) is 0 Å². The van der Waals surface area contributed by atoms with Crippen LogP contribution >= 0.6 is 0 Å². The lowest BCUT2D eigenvalue weighted by Gasteiger charge is -2.07. The molecule has 2 aromatic rings. The van der Waals surface area contributed by atoms with E-state index in [2.05, 4.69) is 15.3 Å². The van der Waals surface area contributed by atoms with E-state index >= 15 is 0 Å². The number of anilines is 1. The van der Waals surface area contributed by atoms with Gasteiger partial charge < -0.3 is 10.4 Å². The molecule has 0 fully saturated rings. The SMILES string of the molecule is O=C(Nc1cnccc1C(=O)O)c1cccc(F)n1. The van der Waals surface area contributed by atoms with Gasteiger partial charge in [0.05, 0.1) is 17.4 Å². The van der Waals surface area contributed by atoms with Gasteiger partial charge in [-0.05, 0) is 18.2 Å². The van der Waals surface area contributed by atoms with Crippen molar-refractivity contribution in [2.24, 2.45) is 0 Å². The number of rotatable bonds is 3. The monoisotopic (exact) mass is 261 g/mol. The van der Waals surface area contributed by atoms with Gasteiger partial charge in [-0.2, -0.15) is 4.39 Å². The summed E-state index contributed by atoms with van der Waals surface area (Å²) in [5, 5.41) is 11.3. The predicted octanol–water partition coefficient (Wildman–Crippen LogP) is 1.57. The van der Waals surface area contributed by atoms with Crippen LogP contribution in [-0.4, -0.2) is 27.0 Å². The molecule has 0 aromatic carbocycles. The van der Waals surface area contributed by atoms with Gasteiger partial charge in [-0.3, -0.25) is 9.78 Å². The fourth-order valence-corrected chi connectivity index (χ4v) is 1.40. The van der Waals surface area contributed by atoms with Crippen LogP contribution in [0.2, 0.25) is 0 Å². The van der Waals surface area contributed by atoms with Gasteiger partial charge in [0.2, 0.25) is 5.95 Å². The molecule has 6 nitrogen and oxygen atoms in total. The maximum Gasteiger partial charge on any atom is 0.337 e. The first-order valence-corrected chi connectivity index (χ1v) is 5.19. The summed E-state index contributed by atoms with van der Waals surface area (Å²) in [6, 6.07) is 4.99. The van der Waals surface area contributed by atoms with E-state index in [0.29, 0.717) is 0 Å². The van der Waals surface area contributed by atoms with Crippen molar-refractivity contribution < 1.29 is 19.1 Å². The number of carbonyl (C=O) groups excluding carboxylic acids is 1. The molecule has 1 amide bonds. The average Bonchev–Trinajstić information content (AvgIpc) is 2.39. The quantitative estimate of drug-likeness (QED) is 0.818. The minimum Gasteiger partial charge on any atom is -0.478 e. The van der Waals surface area contributed by atoms with Crippen molar-refractivity contribution in [3.63, 3.8) is 0 Å². The first kappa shape index (κ1) is 12.6. The number of carboxylic acids is 1. The molecule has 0 bridgehead atoms. The molecule has 19 heavy (non-hydrogen) atoms. The van der Waals surface area contributed by atoms with Crippen molar-refractivity contribution in [3.05, 3.63) is 53.9 Å². The van der Waals surface area contributed by atoms with Crippen molar-refractivity contribution in [2.45, 2.75) is 0 Å². The fraction of sp³-hybridized carbons (Fsp3) is 0. The van der Waals surface area contributed by atoms with Gasteiger partial charge in [0.1, 0.15) is 5.69 Å². The molecular formula is C12H8FN3O3. The smallest absolute Gasteiger partial charge is 0.337 e. The molecule has 2 heterocycles. The van der Waals surface area contributed by atoms with Gasteiger partial charge >= 0.3 is 5.97 Å². The Bertz CT molecular complexity index is 646.